The second kappa shape index (κ2) is 6.50. The van der Waals surface area contributed by atoms with E-state index in [0.717, 1.165) is 17.0 Å². The van der Waals surface area contributed by atoms with E-state index in [1.807, 2.05) is 37.3 Å². The zero-order valence-corrected chi connectivity index (χ0v) is 11.3. The number of rotatable bonds is 5. The minimum absolute atomic E-state index is 0.123. The molecule has 0 aliphatic carbocycles. The van der Waals surface area contributed by atoms with E-state index in [1.54, 1.807) is 6.07 Å². The number of hydrogen-bond acceptors (Lipinski definition) is 4. The molecule has 1 N–H and O–H groups in total. The molecular formula is C14H15ClN2O2. The van der Waals surface area contributed by atoms with Crippen molar-refractivity contribution in [2.75, 3.05) is 13.2 Å². The van der Waals surface area contributed by atoms with Gasteiger partial charge < -0.3 is 9.84 Å². The first-order chi connectivity index (χ1) is 9.19. The molecule has 0 saturated carbocycles. The fourth-order valence-corrected chi connectivity index (χ4v) is 1.58. The highest BCUT2D eigenvalue weighted by atomic mass is 35.5. The first kappa shape index (κ1) is 13.8. The largest absolute Gasteiger partial charge is 0.493 e. The van der Waals surface area contributed by atoms with Crippen LogP contribution in [0.15, 0.2) is 36.4 Å². The third-order valence-corrected chi connectivity index (χ3v) is 2.83. The molecule has 0 fully saturated rings. The Bertz CT molecular complexity index is 514. The molecule has 0 saturated heterocycles. The van der Waals surface area contributed by atoms with Crippen LogP contribution in [-0.4, -0.2) is 28.5 Å². The molecule has 100 valence electrons. The topological polar surface area (TPSA) is 55.2 Å². The molecule has 0 aliphatic rings. The van der Waals surface area contributed by atoms with Crippen molar-refractivity contribution in [1.29, 1.82) is 0 Å². The lowest BCUT2D eigenvalue weighted by atomic mass is 10.1. The predicted molar refractivity (Wildman–Crippen MR) is 74.2 cm³/mol. The van der Waals surface area contributed by atoms with Gasteiger partial charge in [-0.2, -0.15) is 0 Å². The molecule has 0 bridgehead atoms. The molecular weight excluding hydrogens is 264 g/mol. The number of benzene rings is 1. The summed E-state index contributed by atoms with van der Waals surface area (Å²) < 4.78 is 5.55. The number of aromatic nitrogens is 2. The molecule has 0 aliphatic heterocycles. The van der Waals surface area contributed by atoms with Gasteiger partial charge in [-0.1, -0.05) is 18.5 Å². The average molecular weight is 279 g/mol. The van der Waals surface area contributed by atoms with Crippen LogP contribution in [-0.2, 0) is 0 Å². The lowest BCUT2D eigenvalue weighted by Gasteiger charge is -2.10. The van der Waals surface area contributed by atoms with Crippen LogP contribution in [0.3, 0.4) is 0 Å². The van der Waals surface area contributed by atoms with Gasteiger partial charge in [-0.3, -0.25) is 0 Å². The van der Waals surface area contributed by atoms with Crippen LogP contribution in [0.1, 0.15) is 6.92 Å². The normalized spacial score (nSPS) is 12.2. The summed E-state index contributed by atoms with van der Waals surface area (Å²) in [5, 5.41) is 17.1. The van der Waals surface area contributed by atoms with Gasteiger partial charge in [-0.05, 0) is 36.4 Å². The van der Waals surface area contributed by atoms with Crippen molar-refractivity contribution in [2.24, 2.45) is 5.92 Å². The Morgan fingerprint density at radius 3 is 2.47 bits per heavy atom. The molecule has 19 heavy (non-hydrogen) atoms. The third-order valence-electron chi connectivity index (χ3n) is 2.63. The van der Waals surface area contributed by atoms with Gasteiger partial charge in [0.15, 0.2) is 5.15 Å². The van der Waals surface area contributed by atoms with Gasteiger partial charge in [-0.15, -0.1) is 10.2 Å². The fraction of sp³-hybridized carbons (Fsp3) is 0.286. The van der Waals surface area contributed by atoms with Crippen LogP contribution in [0.2, 0.25) is 5.15 Å². The summed E-state index contributed by atoms with van der Waals surface area (Å²) in [7, 11) is 0. The molecule has 0 amide bonds. The number of nitrogens with zero attached hydrogens (tertiary/aromatic N) is 2. The van der Waals surface area contributed by atoms with E-state index in [0.29, 0.717) is 11.8 Å². The molecule has 0 radical (unpaired) electrons. The van der Waals surface area contributed by atoms with E-state index >= 15 is 0 Å². The minimum atomic E-state index is 0.123. The maximum atomic E-state index is 8.92. The molecule has 2 aromatic rings. The van der Waals surface area contributed by atoms with Crippen LogP contribution < -0.4 is 4.74 Å². The Morgan fingerprint density at radius 2 is 1.89 bits per heavy atom. The Morgan fingerprint density at radius 1 is 1.16 bits per heavy atom. The Hall–Kier alpha value is -1.65. The Kier molecular flexibility index (Phi) is 4.71. The average Bonchev–Trinajstić information content (AvgIpc) is 2.46. The zero-order valence-electron chi connectivity index (χ0n) is 10.6. The number of ether oxygens (including phenoxy) is 1. The molecule has 4 nitrogen and oxygen atoms in total. The van der Waals surface area contributed by atoms with Crippen molar-refractivity contribution in [3.05, 3.63) is 41.6 Å². The van der Waals surface area contributed by atoms with E-state index in [-0.39, 0.29) is 12.5 Å². The molecule has 5 heteroatoms. The van der Waals surface area contributed by atoms with E-state index in [9.17, 15) is 0 Å². The molecule has 0 spiro atoms. The first-order valence-corrected chi connectivity index (χ1v) is 6.40. The lowest BCUT2D eigenvalue weighted by molar-refractivity contribution is 0.174. The zero-order chi connectivity index (χ0) is 13.7. The van der Waals surface area contributed by atoms with Crippen LogP contribution in [0.5, 0.6) is 5.75 Å². The van der Waals surface area contributed by atoms with Gasteiger partial charge in [0.1, 0.15) is 5.75 Å². The minimum Gasteiger partial charge on any atom is -0.493 e. The van der Waals surface area contributed by atoms with Crippen LogP contribution >= 0.6 is 11.6 Å². The fourth-order valence-electron chi connectivity index (χ4n) is 1.48. The quantitative estimate of drug-likeness (QED) is 0.914. The van der Waals surface area contributed by atoms with Crippen LogP contribution in [0, 0.1) is 5.92 Å². The maximum Gasteiger partial charge on any atom is 0.151 e. The van der Waals surface area contributed by atoms with Crippen molar-refractivity contribution in [1.82, 2.24) is 10.2 Å². The number of aliphatic hydroxyl groups excluding tert-OH is 1. The molecule has 1 aromatic heterocycles. The van der Waals surface area contributed by atoms with Crippen LogP contribution in [0.4, 0.5) is 0 Å². The van der Waals surface area contributed by atoms with E-state index in [2.05, 4.69) is 10.2 Å². The summed E-state index contributed by atoms with van der Waals surface area (Å²) in [6, 6.07) is 11.1. The van der Waals surface area contributed by atoms with Gasteiger partial charge in [0.25, 0.3) is 0 Å². The number of aliphatic hydroxyl groups is 1. The van der Waals surface area contributed by atoms with Crippen molar-refractivity contribution in [3.63, 3.8) is 0 Å². The summed E-state index contributed by atoms with van der Waals surface area (Å²) in [6.45, 7) is 2.55. The standard InChI is InChI=1S/C14H15ClN2O2/c1-10(8-18)9-19-12-4-2-11(3-5-12)13-6-7-14(15)17-16-13/h2-7,10,18H,8-9H2,1H3. The van der Waals surface area contributed by atoms with Gasteiger partial charge in [-0.25, -0.2) is 0 Å². The SMILES string of the molecule is CC(CO)COc1ccc(-c2ccc(Cl)nn2)cc1. The van der Waals surface area contributed by atoms with E-state index < -0.39 is 0 Å². The highest BCUT2D eigenvalue weighted by molar-refractivity contribution is 6.29. The summed E-state index contributed by atoms with van der Waals surface area (Å²) in [6.07, 6.45) is 0. The molecule has 1 heterocycles. The third kappa shape index (κ3) is 3.91. The van der Waals surface area contributed by atoms with Crippen molar-refractivity contribution in [2.45, 2.75) is 6.92 Å². The molecule has 2 rings (SSSR count). The van der Waals surface area contributed by atoms with Crippen molar-refractivity contribution >= 4 is 11.6 Å². The highest BCUT2D eigenvalue weighted by Crippen LogP contribution is 2.21. The summed E-state index contributed by atoms with van der Waals surface area (Å²) in [5.41, 5.74) is 1.71. The summed E-state index contributed by atoms with van der Waals surface area (Å²) in [4.78, 5) is 0. The number of hydrogen-bond donors (Lipinski definition) is 1. The van der Waals surface area contributed by atoms with E-state index in [4.69, 9.17) is 21.4 Å². The van der Waals surface area contributed by atoms with Gasteiger partial charge in [0, 0.05) is 18.1 Å². The predicted octanol–water partition coefficient (Wildman–Crippen LogP) is 2.80. The van der Waals surface area contributed by atoms with Gasteiger partial charge in [0.05, 0.1) is 12.3 Å². The smallest absolute Gasteiger partial charge is 0.151 e. The molecule has 1 atom stereocenters. The summed E-state index contributed by atoms with van der Waals surface area (Å²) >= 11 is 5.69. The van der Waals surface area contributed by atoms with Crippen molar-refractivity contribution < 1.29 is 9.84 Å². The maximum absolute atomic E-state index is 8.92. The molecule has 1 aromatic carbocycles. The second-order valence-electron chi connectivity index (χ2n) is 4.36. The van der Waals surface area contributed by atoms with Gasteiger partial charge in [0.2, 0.25) is 0 Å². The van der Waals surface area contributed by atoms with E-state index in [1.165, 1.54) is 0 Å². The Labute approximate surface area is 117 Å². The monoisotopic (exact) mass is 278 g/mol. The molecule has 1 unspecified atom stereocenters. The van der Waals surface area contributed by atoms with Crippen LogP contribution in [0.25, 0.3) is 11.3 Å². The first-order valence-electron chi connectivity index (χ1n) is 6.02. The van der Waals surface area contributed by atoms with Crippen molar-refractivity contribution in [3.8, 4) is 17.0 Å². The Balaban J connectivity index is 2.04. The number of halogens is 1. The summed E-state index contributed by atoms with van der Waals surface area (Å²) in [5.74, 6) is 0.896. The van der Waals surface area contributed by atoms with Gasteiger partial charge >= 0.3 is 0 Å². The highest BCUT2D eigenvalue weighted by Gasteiger charge is 2.03. The second-order valence-corrected chi connectivity index (χ2v) is 4.75. The lowest BCUT2D eigenvalue weighted by Crippen LogP contribution is -2.11.